The van der Waals surface area contributed by atoms with Crippen molar-refractivity contribution in [2.24, 2.45) is 0 Å². The molecule has 16 heavy (non-hydrogen) atoms. The Morgan fingerprint density at radius 3 is 3.12 bits per heavy atom. The Kier molecular flexibility index (Phi) is 3.51. The van der Waals surface area contributed by atoms with Gasteiger partial charge in [0.2, 0.25) is 5.88 Å². The first-order valence-electron chi connectivity index (χ1n) is 5.41. The van der Waals surface area contributed by atoms with Gasteiger partial charge in [0.05, 0.1) is 6.20 Å². The van der Waals surface area contributed by atoms with Gasteiger partial charge in [-0.3, -0.25) is 0 Å². The van der Waals surface area contributed by atoms with Gasteiger partial charge in [-0.15, -0.1) is 0 Å². The van der Waals surface area contributed by atoms with Gasteiger partial charge in [0, 0.05) is 18.2 Å². The predicted octanol–water partition coefficient (Wildman–Crippen LogP) is 2.04. The average molecular weight is 222 g/mol. The van der Waals surface area contributed by atoms with E-state index in [1.54, 1.807) is 6.08 Å². The molecule has 1 heterocycles. The Morgan fingerprint density at radius 2 is 2.44 bits per heavy atom. The number of hydrogen-bond acceptors (Lipinski definition) is 3. The summed E-state index contributed by atoms with van der Waals surface area (Å²) in [7, 11) is 0. The third kappa shape index (κ3) is 3.03. The van der Waals surface area contributed by atoms with Crippen LogP contribution in [-0.2, 0) is 6.54 Å². The molecule has 0 aliphatic heterocycles. The lowest BCUT2D eigenvalue weighted by Gasteiger charge is -2.09. The fourth-order valence-corrected chi connectivity index (χ4v) is 1.40. The van der Waals surface area contributed by atoms with Crippen molar-refractivity contribution in [2.75, 3.05) is 6.61 Å². The molecule has 0 unspecified atom stereocenters. The van der Waals surface area contributed by atoms with Gasteiger partial charge in [-0.2, -0.15) is 0 Å². The molecule has 1 saturated carbocycles. The fraction of sp³-hybridized carbons (Fsp3) is 0.417. The molecule has 0 bridgehead atoms. The summed E-state index contributed by atoms with van der Waals surface area (Å²) in [4.78, 5) is 3.93. The van der Waals surface area contributed by atoms with Gasteiger partial charge in [-0.1, -0.05) is 12.7 Å². The molecular formula is C12H15FN2O. The van der Waals surface area contributed by atoms with Gasteiger partial charge >= 0.3 is 0 Å². The van der Waals surface area contributed by atoms with E-state index in [-0.39, 0.29) is 5.82 Å². The third-order valence-electron chi connectivity index (χ3n) is 2.39. The van der Waals surface area contributed by atoms with Crippen molar-refractivity contribution in [3.63, 3.8) is 0 Å². The zero-order chi connectivity index (χ0) is 11.4. The number of rotatable bonds is 6. The standard InChI is InChI=1S/C12H15FN2O/c1-2-5-16-12-9(6-10(13)8-15-12)7-14-11-3-4-11/h2,6,8,11,14H,1,3-5,7H2. The largest absolute Gasteiger partial charge is 0.473 e. The lowest BCUT2D eigenvalue weighted by molar-refractivity contribution is 0.341. The van der Waals surface area contributed by atoms with Crippen LogP contribution in [0.4, 0.5) is 4.39 Å². The van der Waals surface area contributed by atoms with Crippen LogP contribution >= 0.6 is 0 Å². The molecule has 0 spiro atoms. The summed E-state index contributed by atoms with van der Waals surface area (Å²) in [5, 5.41) is 3.30. The molecule has 1 aromatic rings. The van der Waals surface area contributed by atoms with E-state index in [9.17, 15) is 4.39 Å². The summed E-state index contributed by atoms with van der Waals surface area (Å²) in [6.45, 7) is 4.55. The molecule has 1 aromatic heterocycles. The normalized spacial score (nSPS) is 14.8. The van der Waals surface area contributed by atoms with Gasteiger partial charge in [0.1, 0.15) is 12.4 Å². The Morgan fingerprint density at radius 1 is 1.62 bits per heavy atom. The molecule has 0 atom stereocenters. The van der Waals surface area contributed by atoms with Gasteiger partial charge in [-0.25, -0.2) is 9.37 Å². The van der Waals surface area contributed by atoms with Crippen LogP contribution in [0.25, 0.3) is 0 Å². The van der Waals surface area contributed by atoms with Crippen molar-refractivity contribution in [3.05, 3.63) is 36.3 Å². The van der Waals surface area contributed by atoms with E-state index in [0.717, 1.165) is 5.56 Å². The summed E-state index contributed by atoms with van der Waals surface area (Å²) >= 11 is 0. The quantitative estimate of drug-likeness (QED) is 0.748. The first kappa shape index (κ1) is 11.1. The van der Waals surface area contributed by atoms with E-state index in [0.29, 0.717) is 25.1 Å². The molecule has 1 aliphatic carbocycles. The second-order valence-corrected chi connectivity index (χ2v) is 3.87. The van der Waals surface area contributed by atoms with Crippen LogP contribution in [0.3, 0.4) is 0 Å². The van der Waals surface area contributed by atoms with Crippen molar-refractivity contribution < 1.29 is 9.13 Å². The minimum atomic E-state index is -0.335. The highest BCUT2D eigenvalue weighted by Gasteiger charge is 2.21. The summed E-state index contributed by atoms with van der Waals surface area (Å²) in [5.41, 5.74) is 0.758. The highest BCUT2D eigenvalue weighted by atomic mass is 19.1. The molecule has 0 radical (unpaired) electrons. The number of nitrogens with one attached hydrogen (secondary N) is 1. The van der Waals surface area contributed by atoms with Crippen molar-refractivity contribution in [3.8, 4) is 5.88 Å². The van der Waals surface area contributed by atoms with Crippen molar-refractivity contribution in [2.45, 2.75) is 25.4 Å². The van der Waals surface area contributed by atoms with Gasteiger partial charge in [-0.05, 0) is 18.9 Å². The number of pyridine rings is 1. The van der Waals surface area contributed by atoms with Crippen LogP contribution in [0.1, 0.15) is 18.4 Å². The predicted molar refractivity (Wildman–Crippen MR) is 59.7 cm³/mol. The first-order valence-corrected chi connectivity index (χ1v) is 5.41. The van der Waals surface area contributed by atoms with E-state index in [2.05, 4.69) is 16.9 Å². The van der Waals surface area contributed by atoms with Crippen LogP contribution < -0.4 is 10.1 Å². The van der Waals surface area contributed by atoms with Gasteiger partial charge in [0.15, 0.2) is 0 Å². The Balaban J connectivity index is 2.03. The highest BCUT2D eigenvalue weighted by Crippen LogP contribution is 2.21. The second kappa shape index (κ2) is 5.07. The molecule has 1 N–H and O–H groups in total. The molecular weight excluding hydrogens is 207 g/mol. The van der Waals surface area contributed by atoms with Crippen molar-refractivity contribution in [1.82, 2.24) is 10.3 Å². The number of aromatic nitrogens is 1. The maximum Gasteiger partial charge on any atom is 0.218 e. The zero-order valence-electron chi connectivity index (χ0n) is 9.08. The molecule has 2 rings (SSSR count). The van der Waals surface area contributed by atoms with Crippen LogP contribution in [0.2, 0.25) is 0 Å². The topological polar surface area (TPSA) is 34.1 Å². The Labute approximate surface area is 94.3 Å². The molecule has 1 aliphatic rings. The van der Waals surface area contributed by atoms with Gasteiger partial charge in [0.25, 0.3) is 0 Å². The summed E-state index contributed by atoms with van der Waals surface area (Å²) in [6.07, 6.45) is 5.21. The zero-order valence-corrected chi connectivity index (χ0v) is 9.08. The lowest BCUT2D eigenvalue weighted by atomic mass is 10.2. The number of hydrogen-bond donors (Lipinski definition) is 1. The van der Waals surface area contributed by atoms with Crippen molar-refractivity contribution >= 4 is 0 Å². The lowest BCUT2D eigenvalue weighted by Crippen LogP contribution is -2.16. The fourth-order valence-electron chi connectivity index (χ4n) is 1.40. The Bertz CT molecular complexity index is 377. The number of ether oxygens (including phenoxy) is 1. The van der Waals surface area contributed by atoms with Crippen LogP contribution in [0, 0.1) is 5.82 Å². The van der Waals surface area contributed by atoms with E-state index >= 15 is 0 Å². The SMILES string of the molecule is C=CCOc1ncc(F)cc1CNC1CC1. The first-order chi connectivity index (χ1) is 7.79. The molecule has 4 heteroatoms. The molecule has 86 valence electrons. The van der Waals surface area contributed by atoms with E-state index < -0.39 is 0 Å². The van der Waals surface area contributed by atoms with Gasteiger partial charge < -0.3 is 10.1 Å². The smallest absolute Gasteiger partial charge is 0.218 e. The highest BCUT2D eigenvalue weighted by molar-refractivity contribution is 5.26. The minimum absolute atomic E-state index is 0.335. The number of nitrogens with zero attached hydrogens (tertiary/aromatic N) is 1. The van der Waals surface area contributed by atoms with Crippen LogP contribution in [0.5, 0.6) is 5.88 Å². The Hall–Kier alpha value is -1.42. The monoisotopic (exact) mass is 222 g/mol. The van der Waals surface area contributed by atoms with Crippen molar-refractivity contribution in [1.29, 1.82) is 0 Å². The number of halogens is 1. The summed E-state index contributed by atoms with van der Waals surface area (Å²) in [5.74, 6) is 0.146. The summed E-state index contributed by atoms with van der Waals surface area (Å²) in [6, 6.07) is 2.04. The molecule has 0 aromatic carbocycles. The summed E-state index contributed by atoms with van der Waals surface area (Å²) < 4.78 is 18.4. The average Bonchev–Trinajstić information content (AvgIpc) is 3.09. The molecule has 0 amide bonds. The van der Waals surface area contributed by atoms with E-state index in [1.165, 1.54) is 25.1 Å². The third-order valence-corrected chi connectivity index (χ3v) is 2.39. The maximum atomic E-state index is 13.0. The van der Waals surface area contributed by atoms with Crippen LogP contribution in [0.15, 0.2) is 24.9 Å². The second-order valence-electron chi connectivity index (χ2n) is 3.87. The molecule has 0 saturated heterocycles. The van der Waals surface area contributed by atoms with E-state index in [1.807, 2.05) is 0 Å². The van der Waals surface area contributed by atoms with E-state index in [4.69, 9.17) is 4.74 Å². The minimum Gasteiger partial charge on any atom is -0.473 e. The molecule has 1 fully saturated rings. The van der Waals surface area contributed by atoms with Crippen LogP contribution in [-0.4, -0.2) is 17.6 Å². The molecule has 3 nitrogen and oxygen atoms in total. The maximum absolute atomic E-state index is 13.0.